The van der Waals surface area contributed by atoms with Crippen LogP contribution in [0, 0.1) is 0 Å². The maximum Gasteiger partial charge on any atom is 0.416 e. The summed E-state index contributed by atoms with van der Waals surface area (Å²) >= 11 is 0. The summed E-state index contributed by atoms with van der Waals surface area (Å²) in [5, 5.41) is 8.37. The Morgan fingerprint density at radius 3 is 2.56 bits per heavy atom. The van der Waals surface area contributed by atoms with Crippen LogP contribution in [0.2, 0.25) is 0 Å². The standard InChI is InChI=1S/C11H10F4O/c12-10(7-16)5-4-8-2-1-3-9(6-8)11(13,14)15/h1-3,5-6,16H,4,7H2. The fourth-order valence-electron chi connectivity index (χ4n) is 1.17. The van der Waals surface area contributed by atoms with Crippen molar-refractivity contribution < 1.29 is 22.7 Å². The van der Waals surface area contributed by atoms with Gasteiger partial charge in [0.2, 0.25) is 0 Å². The van der Waals surface area contributed by atoms with E-state index in [1.807, 2.05) is 0 Å². The third kappa shape index (κ3) is 3.66. The largest absolute Gasteiger partial charge is 0.416 e. The van der Waals surface area contributed by atoms with E-state index in [0.717, 1.165) is 18.2 Å². The van der Waals surface area contributed by atoms with Crippen molar-refractivity contribution in [2.45, 2.75) is 12.6 Å². The first-order chi connectivity index (χ1) is 7.43. The average Bonchev–Trinajstić information content (AvgIpc) is 2.25. The minimum atomic E-state index is -4.39. The lowest BCUT2D eigenvalue weighted by atomic mass is 10.1. The number of hydrogen-bond donors (Lipinski definition) is 1. The minimum absolute atomic E-state index is 0.0241. The van der Waals surface area contributed by atoms with Crippen molar-refractivity contribution in [3.05, 3.63) is 47.3 Å². The van der Waals surface area contributed by atoms with Crippen LogP contribution in [0.4, 0.5) is 17.6 Å². The zero-order chi connectivity index (χ0) is 12.2. The molecule has 16 heavy (non-hydrogen) atoms. The molecule has 0 amide bonds. The Morgan fingerprint density at radius 1 is 1.31 bits per heavy atom. The molecule has 0 spiro atoms. The third-order valence-electron chi connectivity index (χ3n) is 1.96. The fraction of sp³-hybridized carbons (Fsp3) is 0.273. The van der Waals surface area contributed by atoms with Gasteiger partial charge in [-0.2, -0.15) is 13.2 Å². The molecular formula is C11H10F4O. The molecule has 1 aromatic carbocycles. The molecule has 0 atom stereocenters. The van der Waals surface area contributed by atoms with Crippen LogP contribution < -0.4 is 0 Å². The van der Waals surface area contributed by atoms with Crippen LogP contribution in [0.1, 0.15) is 11.1 Å². The summed E-state index contributed by atoms with van der Waals surface area (Å²) in [5.41, 5.74) is -0.416. The normalized spacial score (nSPS) is 12.9. The Morgan fingerprint density at radius 2 is 2.00 bits per heavy atom. The average molecular weight is 234 g/mol. The molecule has 0 saturated heterocycles. The van der Waals surface area contributed by atoms with E-state index in [2.05, 4.69) is 0 Å². The van der Waals surface area contributed by atoms with Crippen LogP contribution in [0.5, 0.6) is 0 Å². The molecule has 0 unspecified atom stereocenters. The summed E-state index contributed by atoms with van der Waals surface area (Å²) < 4.78 is 49.5. The summed E-state index contributed by atoms with van der Waals surface area (Å²) in [7, 11) is 0. The number of allylic oxidation sites excluding steroid dienone is 1. The molecule has 0 aliphatic rings. The molecule has 0 aromatic heterocycles. The highest BCUT2D eigenvalue weighted by Crippen LogP contribution is 2.29. The van der Waals surface area contributed by atoms with E-state index in [9.17, 15) is 17.6 Å². The van der Waals surface area contributed by atoms with Crippen LogP contribution in [0.15, 0.2) is 36.2 Å². The van der Waals surface area contributed by atoms with Gasteiger partial charge in [-0.15, -0.1) is 0 Å². The predicted octanol–water partition coefficient (Wildman–Crippen LogP) is 3.09. The van der Waals surface area contributed by atoms with Gasteiger partial charge in [0.25, 0.3) is 0 Å². The maximum atomic E-state index is 12.5. The van der Waals surface area contributed by atoms with Gasteiger partial charge in [-0.3, -0.25) is 0 Å². The molecule has 1 N–H and O–H groups in total. The van der Waals surface area contributed by atoms with E-state index in [0.29, 0.717) is 5.56 Å². The molecule has 0 fully saturated rings. The number of rotatable bonds is 3. The Labute approximate surface area is 90.0 Å². The molecular weight excluding hydrogens is 224 g/mol. The highest BCUT2D eigenvalue weighted by atomic mass is 19.4. The fourth-order valence-corrected chi connectivity index (χ4v) is 1.17. The number of hydrogen-bond acceptors (Lipinski definition) is 1. The van der Waals surface area contributed by atoms with Crippen molar-refractivity contribution >= 4 is 0 Å². The Hall–Kier alpha value is -1.36. The van der Waals surface area contributed by atoms with E-state index in [-0.39, 0.29) is 6.42 Å². The molecule has 1 nitrogen and oxygen atoms in total. The van der Waals surface area contributed by atoms with Crippen molar-refractivity contribution in [3.63, 3.8) is 0 Å². The van der Waals surface area contributed by atoms with Crippen LogP contribution in [-0.4, -0.2) is 11.7 Å². The Bertz CT molecular complexity index is 382. The van der Waals surface area contributed by atoms with Gasteiger partial charge >= 0.3 is 6.18 Å². The first kappa shape index (κ1) is 12.7. The van der Waals surface area contributed by atoms with Gasteiger partial charge in [-0.1, -0.05) is 18.2 Å². The second-order valence-corrected chi connectivity index (χ2v) is 3.21. The number of aliphatic hydroxyl groups excluding tert-OH is 1. The van der Waals surface area contributed by atoms with Gasteiger partial charge in [-0.05, 0) is 24.1 Å². The molecule has 0 aliphatic heterocycles. The van der Waals surface area contributed by atoms with Gasteiger partial charge in [0.1, 0.15) is 5.83 Å². The smallest absolute Gasteiger partial charge is 0.389 e. The molecule has 1 rings (SSSR count). The second-order valence-electron chi connectivity index (χ2n) is 3.21. The van der Waals surface area contributed by atoms with Gasteiger partial charge in [-0.25, -0.2) is 4.39 Å². The van der Waals surface area contributed by atoms with Crippen LogP contribution in [-0.2, 0) is 12.6 Å². The van der Waals surface area contributed by atoms with Crippen molar-refractivity contribution in [1.82, 2.24) is 0 Å². The number of halogens is 4. The molecule has 1 aromatic rings. The summed E-state index contributed by atoms with van der Waals surface area (Å²) in [4.78, 5) is 0. The van der Waals surface area contributed by atoms with Crippen LogP contribution in [0.3, 0.4) is 0 Å². The number of benzene rings is 1. The van der Waals surface area contributed by atoms with E-state index >= 15 is 0 Å². The van der Waals surface area contributed by atoms with Gasteiger partial charge in [0.15, 0.2) is 0 Å². The summed E-state index contributed by atoms with van der Waals surface area (Å²) in [5.74, 6) is -0.752. The molecule has 0 saturated carbocycles. The van der Waals surface area contributed by atoms with Crippen molar-refractivity contribution in [3.8, 4) is 0 Å². The maximum absolute atomic E-state index is 12.5. The van der Waals surface area contributed by atoms with E-state index in [1.54, 1.807) is 0 Å². The SMILES string of the molecule is OCC(F)=CCc1cccc(C(F)(F)F)c1. The van der Waals surface area contributed by atoms with Crippen LogP contribution in [0.25, 0.3) is 0 Å². The summed E-state index contributed by atoms with van der Waals surface area (Å²) in [6.07, 6.45) is -3.32. The minimum Gasteiger partial charge on any atom is -0.389 e. The molecule has 88 valence electrons. The first-order valence-electron chi connectivity index (χ1n) is 4.55. The Kier molecular flexibility index (Phi) is 4.06. The van der Waals surface area contributed by atoms with Gasteiger partial charge in [0, 0.05) is 0 Å². The summed E-state index contributed by atoms with van der Waals surface area (Å²) in [6, 6.07) is 4.65. The lowest BCUT2D eigenvalue weighted by Gasteiger charge is -2.07. The molecule has 0 heterocycles. The van der Waals surface area contributed by atoms with E-state index in [4.69, 9.17) is 5.11 Å². The lowest BCUT2D eigenvalue weighted by molar-refractivity contribution is -0.137. The number of alkyl halides is 3. The van der Waals surface area contributed by atoms with E-state index in [1.165, 1.54) is 12.1 Å². The van der Waals surface area contributed by atoms with Gasteiger partial charge in [0.05, 0.1) is 12.2 Å². The zero-order valence-electron chi connectivity index (χ0n) is 8.26. The summed E-state index contributed by atoms with van der Waals surface area (Å²) in [6.45, 7) is -0.737. The van der Waals surface area contributed by atoms with Crippen molar-refractivity contribution in [2.24, 2.45) is 0 Å². The predicted molar refractivity (Wildman–Crippen MR) is 51.4 cm³/mol. The zero-order valence-corrected chi connectivity index (χ0v) is 8.26. The highest BCUT2D eigenvalue weighted by molar-refractivity contribution is 5.27. The topological polar surface area (TPSA) is 20.2 Å². The molecule has 0 radical (unpaired) electrons. The van der Waals surface area contributed by atoms with Crippen molar-refractivity contribution in [2.75, 3.05) is 6.61 Å². The van der Waals surface area contributed by atoms with Gasteiger partial charge < -0.3 is 5.11 Å². The van der Waals surface area contributed by atoms with Crippen LogP contribution >= 0.6 is 0 Å². The monoisotopic (exact) mass is 234 g/mol. The highest BCUT2D eigenvalue weighted by Gasteiger charge is 2.30. The quantitative estimate of drug-likeness (QED) is 0.797. The molecule has 0 aliphatic carbocycles. The van der Waals surface area contributed by atoms with Crippen molar-refractivity contribution in [1.29, 1.82) is 0 Å². The van der Waals surface area contributed by atoms with E-state index < -0.39 is 24.2 Å². The molecule has 0 bridgehead atoms. The number of aliphatic hydroxyl groups is 1. The lowest BCUT2D eigenvalue weighted by Crippen LogP contribution is -2.05. The second kappa shape index (κ2) is 5.12. The third-order valence-corrected chi connectivity index (χ3v) is 1.96. The Balaban J connectivity index is 2.84. The first-order valence-corrected chi connectivity index (χ1v) is 4.55. The molecule has 5 heteroatoms.